The van der Waals surface area contributed by atoms with Crippen molar-refractivity contribution in [1.29, 1.82) is 0 Å². The van der Waals surface area contributed by atoms with Crippen molar-refractivity contribution in [1.82, 2.24) is 0 Å². The van der Waals surface area contributed by atoms with Crippen LogP contribution in [0.4, 0.5) is 5.69 Å². The van der Waals surface area contributed by atoms with E-state index in [2.05, 4.69) is 0 Å². The van der Waals surface area contributed by atoms with Crippen molar-refractivity contribution in [3.05, 3.63) is 31.4 Å². The molecule has 1 N–H and O–H groups in total. The molecule has 0 amide bonds. The zero-order valence-corrected chi connectivity index (χ0v) is 10.5. The minimum Gasteiger partial charge on any atom is -0.507 e. The number of rotatable bonds is 4. The third kappa shape index (κ3) is 3.05. The molecule has 1 aromatic rings. The predicted molar refractivity (Wildman–Crippen MR) is 66.1 cm³/mol. The highest BCUT2D eigenvalue weighted by atomic mass is 127. The van der Waals surface area contributed by atoms with Gasteiger partial charge in [0.15, 0.2) is 0 Å². The maximum Gasteiger partial charge on any atom is 0.271 e. The fraction of sp³-hybridized carbons (Fsp3) is 0.400. The fourth-order valence-electron chi connectivity index (χ4n) is 1.30. The monoisotopic (exact) mass is 321 g/mol. The van der Waals surface area contributed by atoms with Crippen LogP contribution < -0.4 is 0 Å². The number of nitrogens with zero attached hydrogens (tertiary/aromatic N) is 1. The quantitative estimate of drug-likeness (QED) is 0.526. The number of aromatic hydroxyl groups is 1. The second-order valence-electron chi connectivity index (χ2n) is 3.30. The molecule has 0 unspecified atom stereocenters. The molecule has 0 aliphatic rings. The fourth-order valence-corrected chi connectivity index (χ4v) is 1.97. The van der Waals surface area contributed by atoms with Crippen LogP contribution >= 0.6 is 22.6 Å². The summed E-state index contributed by atoms with van der Waals surface area (Å²) in [4.78, 5) is 10.2. The summed E-state index contributed by atoms with van der Waals surface area (Å²) in [7, 11) is 0. The summed E-state index contributed by atoms with van der Waals surface area (Å²) < 4.78 is 0.535. The molecule has 82 valence electrons. The van der Waals surface area contributed by atoms with Crippen LogP contribution in [0.3, 0.4) is 0 Å². The Labute approximate surface area is 102 Å². The van der Waals surface area contributed by atoms with Crippen LogP contribution in [0.2, 0.25) is 0 Å². The van der Waals surface area contributed by atoms with E-state index in [-0.39, 0.29) is 11.4 Å². The van der Waals surface area contributed by atoms with Crippen molar-refractivity contribution in [2.45, 2.75) is 26.2 Å². The Morgan fingerprint density at radius 1 is 1.53 bits per heavy atom. The highest BCUT2D eigenvalue weighted by Crippen LogP contribution is 2.30. The number of hydrogen-bond donors (Lipinski definition) is 1. The first kappa shape index (κ1) is 12.2. The number of unbranched alkanes of at least 4 members (excludes halogenated alkanes) is 1. The van der Waals surface area contributed by atoms with E-state index in [4.69, 9.17) is 0 Å². The van der Waals surface area contributed by atoms with E-state index in [1.54, 1.807) is 0 Å². The van der Waals surface area contributed by atoms with Crippen molar-refractivity contribution in [3.8, 4) is 5.75 Å². The second kappa shape index (κ2) is 5.29. The minimum absolute atomic E-state index is 0.0447. The summed E-state index contributed by atoms with van der Waals surface area (Å²) in [5.74, 6) is 0.176. The van der Waals surface area contributed by atoms with Crippen LogP contribution in [-0.4, -0.2) is 10.0 Å². The van der Waals surface area contributed by atoms with Crippen LogP contribution in [0, 0.1) is 13.7 Å². The van der Waals surface area contributed by atoms with E-state index < -0.39 is 4.92 Å². The average Bonchev–Trinajstić information content (AvgIpc) is 2.19. The van der Waals surface area contributed by atoms with Crippen LogP contribution in [0.5, 0.6) is 5.75 Å². The molecular weight excluding hydrogens is 309 g/mol. The van der Waals surface area contributed by atoms with Gasteiger partial charge in [-0.2, -0.15) is 0 Å². The number of nitro benzene ring substituents is 1. The zero-order valence-electron chi connectivity index (χ0n) is 8.36. The summed E-state index contributed by atoms with van der Waals surface area (Å²) >= 11 is 1.91. The molecule has 0 saturated heterocycles. The van der Waals surface area contributed by atoms with Gasteiger partial charge in [0, 0.05) is 17.7 Å². The lowest BCUT2D eigenvalue weighted by Gasteiger charge is -2.05. The third-order valence-electron chi connectivity index (χ3n) is 2.14. The first-order valence-corrected chi connectivity index (χ1v) is 5.80. The molecule has 1 aromatic carbocycles. The number of hydrogen-bond acceptors (Lipinski definition) is 3. The van der Waals surface area contributed by atoms with Crippen molar-refractivity contribution >= 4 is 28.3 Å². The lowest BCUT2D eigenvalue weighted by atomic mass is 10.1. The Morgan fingerprint density at radius 3 is 2.73 bits per heavy atom. The van der Waals surface area contributed by atoms with Gasteiger partial charge in [0.2, 0.25) is 0 Å². The number of halogens is 1. The number of phenols is 1. The maximum absolute atomic E-state index is 10.6. The lowest BCUT2D eigenvalue weighted by Crippen LogP contribution is -1.94. The number of non-ortho nitro benzene ring substituents is 1. The summed E-state index contributed by atoms with van der Waals surface area (Å²) in [6.45, 7) is 2.04. The molecule has 0 atom stereocenters. The highest BCUT2D eigenvalue weighted by Gasteiger charge is 2.13. The number of nitro groups is 1. The largest absolute Gasteiger partial charge is 0.507 e. The smallest absolute Gasteiger partial charge is 0.271 e. The van der Waals surface area contributed by atoms with Gasteiger partial charge in [-0.15, -0.1) is 0 Å². The van der Waals surface area contributed by atoms with Crippen molar-refractivity contribution in [3.63, 3.8) is 0 Å². The molecule has 1 rings (SSSR count). The standard InChI is InChI=1S/C10H12INO3/c1-2-3-4-7-5-8(12(14)15)6-9(11)10(7)13/h5-6,13H,2-4H2,1H3. The van der Waals surface area contributed by atoms with E-state index in [0.29, 0.717) is 15.6 Å². The molecule has 5 heteroatoms. The number of benzene rings is 1. The van der Waals surface area contributed by atoms with Crippen molar-refractivity contribution in [2.24, 2.45) is 0 Å². The molecule has 0 heterocycles. The van der Waals surface area contributed by atoms with E-state index in [1.165, 1.54) is 12.1 Å². The minimum atomic E-state index is -0.433. The summed E-state index contributed by atoms with van der Waals surface area (Å²) in [6.07, 6.45) is 2.60. The van der Waals surface area contributed by atoms with E-state index in [0.717, 1.165) is 12.8 Å². The van der Waals surface area contributed by atoms with Crippen molar-refractivity contribution < 1.29 is 10.0 Å². The third-order valence-corrected chi connectivity index (χ3v) is 2.96. The predicted octanol–water partition coefficient (Wildman–Crippen LogP) is 3.25. The SMILES string of the molecule is CCCCc1cc([N+](=O)[O-])cc(I)c1O. The van der Waals surface area contributed by atoms with Gasteiger partial charge in [0.25, 0.3) is 5.69 Å². The molecular formula is C10H12INO3. The molecule has 0 spiro atoms. The highest BCUT2D eigenvalue weighted by molar-refractivity contribution is 14.1. The first-order valence-electron chi connectivity index (χ1n) is 4.72. The zero-order chi connectivity index (χ0) is 11.4. The van der Waals surface area contributed by atoms with Crippen LogP contribution in [0.1, 0.15) is 25.3 Å². The lowest BCUT2D eigenvalue weighted by molar-refractivity contribution is -0.385. The summed E-state index contributed by atoms with van der Waals surface area (Å²) in [6, 6.07) is 2.83. The molecule has 0 bridgehead atoms. The van der Waals surface area contributed by atoms with Gasteiger partial charge in [-0.3, -0.25) is 10.1 Å². The van der Waals surface area contributed by atoms with Gasteiger partial charge in [0.1, 0.15) is 5.75 Å². The van der Waals surface area contributed by atoms with Gasteiger partial charge >= 0.3 is 0 Å². The van der Waals surface area contributed by atoms with Crippen LogP contribution in [-0.2, 0) is 6.42 Å². The summed E-state index contributed by atoms with van der Waals surface area (Å²) in [5.41, 5.74) is 0.707. The second-order valence-corrected chi connectivity index (χ2v) is 4.46. The van der Waals surface area contributed by atoms with Crippen molar-refractivity contribution in [2.75, 3.05) is 0 Å². The molecule has 0 fully saturated rings. The first-order chi connectivity index (χ1) is 7.06. The van der Waals surface area contributed by atoms with Gasteiger partial charge in [-0.1, -0.05) is 13.3 Å². The van der Waals surface area contributed by atoms with Gasteiger partial charge in [-0.05, 0) is 35.4 Å². The Kier molecular flexibility index (Phi) is 4.31. The normalized spacial score (nSPS) is 10.3. The Balaban J connectivity index is 3.07. The molecule has 0 saturated carbocycles. The molecule has 4 nitrogen and oxygen atoms in total. The number of aryl methyl sites for hydroxylation is 1. The van der Waals surface area contributed by atoms with E-state index in [1.807, 2.05) is 29.5 Å². The molecule has 0 aromatic heterocycles. The number of phenolic OH excluding ortho intramolecular Hbond substituents is 1. The van der Waals surface area contributed by atoms with Crippen LogP contribution in [0.25, 0.3) is 0 Å². The summed E-state index contributed by atoms with van der Waals surface area (Å²) in [5, 5.41) is 20.3. The van der Waals surface area contributed by atoms with E-state index >= 15 is 0 Å². The van der Waals surface area contributed by atoms with E-state index in [9.17, 15) is 15.2 Å². The molecule has 0 radical (unpaired) electrons. The van der Waals surface area contributed by atoms with Gasteiger partial charge < -0.3 is 5.11 Å². The molecule has 15 heavy (non-hydrogen) atoms. The Hall–Kier alpha value is -0.850. The Bertz CT molecular complexity index is 379. The maximum atomic E-state index is 10.6. The Morgan fingerprint density at radius 2 is 2.20 bits per heavy atom. The van der Waals surface area contributed by atoms with Gasteiger partial charge in [-0.25, -0.2) is 0 Å². The molecule has 0 aliphatic heterocycles. The van der Waals surface area contributed by atoms with Crippen LogP contribution in [0.15, 0.2) is 12.1 Å². The average molecular weight is 321 g/mol. The molecule has 0 aliphatic carbocycles. The topological polar surface area (TPSA) is 63.4 Å². The van der Waals surface area contributed by atoms with Gasteiger partial charge in [0.05, 0.1) is 8.49 Å².